The van der Waals surface area contributed by atoms with E-state index in [1.54, 1.807) is 0 Å². The van der Waals surface area contributed by atoms with Crippen LogP contribution in [0.3, 0.4) is 0 Å². The highest BCUT2D eigenvalue weighted by atomic mass is 32.2. The van der Waals surface area contributed by atoms with E-state index in [1.807, 2.05) is 0 Å². The van der Waals surface area contributed by atoms with Gasteiger partial charge in [-0.2, -0.15) is 0 Å². The summed E-state index contributed by atoms with van der Waals surface area (Å²) in [6.07, 6.45) is 2.38. The monoisotopic (exact) mass is 248 g/mol. The minimum atomic E-state index is -2.86. The molecule has 0 aliphatic carbocycles. The summed E-state index contributed by atoms with van der Waals surface area (Å²) in [4.78, 5) is 2.28. The topological polar surface area (TPSA) is 49.4 Å². The van der Waals surface area contributed by atoms with Crippen LogP contribution in [0.5, 0.6) is 0 Å². The summed E-state index contributed by atoms with van der Waals surface area (Å²) in [5, 5.41) is 3.49. The molecular formula is C11H24N2O2S. The maximum absolute atomic E-state index is 11.2. The molecule has 0 aromatic heterocycles. The average molecular weight is 248 g/mol. The fourth-order valence-electron chi connectivity index (χ4n) is 2.10. The normalized spacial score (nSPS) is 27.6. The van der Waals surface area contributed by atoms with Crippen LogP contribution in [-0.2, 0) is 9.84 Å². The molecule has 0 aromatic carbocycles. The number of nitrogens with zero attached hydrogens (tertiary/aromatic N) is 1. The van der Waals surface area contributed by atoms with Gasteiger partial charge >= 0.3 is 0 Å². The minimum Gasteiger partial charge on any atom is -0.310 e. The molecule has 5 heteroatoms. The van der Waals surface area contributed by atoms with Crippen molar-refractivity contribution in [3.63, 3.8) is 0 Å². The highest BCUT2D eigenvalue weighted by Gasteiger charge is 2.27. The molecule has 1 fully saturated rings. The smallest absolute Gasteiger partial charge is 0.148 e. The summed E-state index contributed by atoms with van der Waals surface area (Å²) in [7, 11) is -2.86. The van der Waals surface area contributed by atoms with Gasteiger partial charge in [0.05, 0.1) is 5.75 Å². The molecule has 1 heterocycles. The molecule has 0 spiro atoms. The van der Waals surface area contributed by atoms with E-state index in [4.69, 9.17) is 0 Å². The van der Waals surface area contributed by atoms with E-state index in [-0.39, 0.29) is 11.3 Å². The lowest BCUT2D eigenvalue weighted by atomic mass is 10.1. The summed E-state index contributed by atoms with van der Waals surface area (Å²) in [5.41, 5.74) is 0.0717. The predicted molar refractivity (Wildman–Crippen MR) is 67.4 cm³/mol. The molecule has 1 atom stereocenters. The highest BCUT2D eigenvalue weighted by molar-refractivity contribution is 7.90. The van der Waals surface area contributed by atoms with Crippen LogP contribution in [0.15, 0.2) is 0 Å². The Morgan fingerprint density at radius 2 is 2.06 bits per heavy atom. The Morgan fingerprint density at radius 3 is 2.62 bits per heavy atom. The Kier molecular flexibility index (Phi) is 4.37. The van der Waals surface area contributed by atoms with Crippen LogP contribution in [0.1, 0.15) is 27.2 Å². The SMILES string of the molecule is CC1CCNC(C)(C)CN1CCS(C)(=O)=O. The van der Waals surface area contributed by atoms with Crippen LogP contribution in [0.2, 0.25) is 0 Å². The summed E-state index contributed by atoms with van der Waals surface area (Å²) in [6.45, 7) is 9.06. The van der Waals surface area contributed by atoms with Crippen LogP contribution in [0.4, 0.5) is 0 Å². The van der Waals surface area contributed by atoms with E-state index in [2.05, 4.69) is 31.0 Å². The molecule has 1 aliphatic heterocycles. The predicted octanol–water partition coefficient (Wildman–Crippen LogP) is 0.493. The fraction of sp³-hybridized carbons (Fsp3) is 1.00. The lowest BCUT2D eigenvalue weighted by Crippen LogP contribution is -2.48. The third-order valence-electron chi connectivity index (χ3n) is 3.14. The molecule has 0 saturated carbocycles. The van der Waals surface area contributed by atoms with E-state index in [0.717, 1.165) is 19.5 Å². The van der Waals surface area contributed by atoms with E-state index < -0.39 is 9.84 Å². The molecule has 1 saturated heterocycles. The van der Waals surface area contributed by atoms with Gasteiger partial charge < -0.3 is 5.32 Å². The van der Waals surface area contributed by atoms with Crippen LogP contribution in [0.25, 0.3) is 0 Å². The zero-order valence-electron chi connectivity index (χ0n) is 10.8. The number of sulfone groups is 1. The van der Waals surface area contributed by atoms with Crippen molar-refractivity contribution in [2.24, 2.45) is 0 Å². The van der Waals surface area contributed by atoms with Crippen LogP contribution >= 0.6 is 0 Å². The molecule has 0 amide bonds. The van der Waals surface area contributed by atoms with E-state index in [0.29, 0.717) is 12.6 Å². The molecule has 96 valence electrons. The molecule has 0 aromatic rings. The third-order valence-corrected chi connectivity index (χ3v) is 4.06. The highest BCUT2D eigenvalue weighted by Crippen LogP contribution is 2.15. The zero-order chi connectivity index (χ0) is 12.4. The lowest BCUT2D eigenvalue weighted by molar-refractivity contribution is 0.191. The van der Waals surface area contributed by atoms with Crippen LogP contribution < -0.4 is 5.32 Å². The molecule has 1 aliphatic rings. The van der Waals surface area contributed by atoms with Gasteiger partial charge in [-0.3, -0.25) is 4.90 Å². The Labute approximate surface area is 99.3 Å². The minimum absolute atomic E-state index is 0.0717. The molecule has 1 unspecified atom stereocenters. The number of hydrogen-bond acceptors (Lipinski definition) is 4. The third kappa shape index (κ3) is 4.80. The van der Waals surface area contributed by atoms with Crippen molar-refractivity contribution in [1.29, 1.82) is 0 Å². The molecule has 16 heavy (non-hydrogen) atoms. The Bertz CT molecular complexity index is 325. The number of nitrogens with one attached hydrogen (secondary N) is 1. The van der Waals surface area contributed by atoms with Crippen molar-refractivity contribution < 1.29 is 8.42 Å². The van der Waals surface area contributed by atoms with Crippen molar-refractivity contribution in [3.05, 3.63) is 0 Å². The summed E-state index contributed by atoms with van der Waals surface area (Å²) in [5.74, 6) is 0.257. The molecule has 1 N–H and O–H groups in total. The first kappa shape index (κ1) is 13.9. The van der Waals surface area contributed by atoms with Crippen molar-refractivity contribution in [2.45, 2.75) is 38.8 Å². The number of rotatable bonds is 3. The lowest BCUT2D eigenvalue weighted by Gasteiger charge is -2.32. The van der Waals surface area contributed by atoms with Crippen molar-refractivity contribution in [2.75, 3.05) is 31.6 Å². The Morgan fingerprint density at radius 1 is 1.44 bits per heavy atom. The first-order chi connectivity index (χ1) is 7.20. The maximum atomic E-state index is 11.2. The average Bonchev–Trinajstić information content (AvgIpc) is 2.21. The quantitative estimate of drug-likeness (QED) is 0.790. The molecule has 1 rings (SSSR count). The standard InChI is InChI=1S/C11H24N2O2S/c1-10-5-6-12-11(2,3)9-13(10)7-8-16(4,14)15/h10,12H,5-9H2,1-4H3. The van der Waals surface area contributed by atoms with Crippen molar-refractivity contribution in [3.8, 4) is 0 Å². The largest absolute Gasteiger partial charge is 0.310 e. The second kappa shape index (κ2) is 5.02. The van der Waals surface area contributed by atoms with E-state index >= 15 is 0 Å². The second-order valence-corrected chi connectivity index (χ2v) is 7.81. The molecular weight excluding hydrogens is 224 g/mol. The van der Waals surface area contributed by atoms with Crippen molar-refractivity contribution >= 4 is 9.84 Å². The van der Waals surface area contributed by atoms with Crippen molar-refractivity contribution in [1.82, 2.24) is 10.2 Å². The van der Waals surface area contributed by atoms with Crippen LogP contribution in [-0.4, -0.2) is 56.5 Å². The van der Waals surface area contributed by atoms with Crippen LogP contribution in [0, 0.1) is 0 Å². The molecule has 4 nitrogen and oxygen atoms in total. The summed E-state index contributed by atoms with van der Waals surface area (Å²) < 4.78 is 22.4. The maximum Gasteiger partial charge on any atom is 0.148 e. The zero-order valence-corrected chi connectivity index (χ0v) is 11.6. The molecule has 0 bridgehead atoms. The first-order valence-electron chi connectivity index (χ1n) is 5.86. The van der Waals surface area contributed by atoms with Gasteiger partial charge in [0.2, 0.25) is 0 Å². The van der Waals surface area contributed by atoms with Gasteiger partial charge in [0.25, 0.3) is 0 Å². The molecule has 0 radical (unpaired) electrons. The van der Waals surface area contributed by atoms with Gasteiger partial charge in [-0.1, -0.05) is 0 Å². The summed E-state index contributed by atoms with van der Waals surface area (Å²) in [6, 6.07) is 0.455. The van der Waals surface area contributed by atoms with Gasteiger partial charge in [0.15, 0.2) is 0 Å². The Hall–Kier alpha value is -0.130. The van der Waals surface area contributed by atoms with Gasteiger partial charge in [-0.25, -0.2) is 8.42 Å². The van der Waals surface area contributed by atoms with Gasteiger partial charge in [-0.05, 0) is 33.7 Å². The second-order valence-electron chi connectivity index (χ2n) is 5.55. The first-order valence-corrected chi connectivity index (χ1v) is 7.92. The summed E-state index contributed by atoms with van der Waals surface area (Å²) >= 11 is 0. The van der Waals surface area contributed by atoms with Gasteiger partial charge in [0, 0.05) is 30.9 Å². The van der Waals surface area contributed by atoms with E-state index in [9.17, 15) is 8.42 Å². The fourth-order valence-corrected chi connectivity index (χ4v) is 2.67. The van der Waals surface area contributed by atoms with Gasteiger partial charge in [0.1, 0.15) is 9.84 Å². The number of hydrogen-bond donors (Lipinski definition) is 1. The van der Waals surface area contributed by atoms with E-state index in [1.165, 1.54) is 6.26 Å². The van der Waals surface area contributed by atoms with Gasteiger partial charge in [-0.15, -0.1) is 0 Å². The Balaban J connectivity index is 2.61.